The van der Waals surface area contributed by atoms with E-state index in [0.717, 1.165) is 58.2 Å². The third-order valence-corrected chi connectivity index (χ3v) is 6.06. The summed E-state index contributed by atoms with van der Waals surface area (Å²) in [5, 5.41) is 0. The van der Waals surface area contributed by atoms with Crippen LogP contribution in [0.25, 0.3) is 0 Å². The van der Waals surface area contributed by atoms with E-state index in [1.54, 1.807) is 0 Å². The number of nitrogens with zero attached hydrogens (tertiary/aromatic N) is 1. The summed E-state index contributed by atoms with van der Waals surface area (Å²) in [6.07, 6.45) is 6.71. The lowest BCUT2D eigenvalue weighted by atomic mass is 9.83. The summed E-state index contributed by atoms with van der Waals surface area (Å²) in [4.78, 5) is 14.6. The van der Waals surface area contributed by atoms with E-state index < -0.39 is 0 Å². The number of piperidine rings is 1. The predicted octanol–water partition coefficient (Wildman–Crippen LogP) is 3.99. The molecule has 2 heterocycles. The quantitative estimate of drug-likeness (QED) is 0.585. The maximum absolute atomic E-state index is 12.6. The number of rotatable bonds is 9. The van der Waals surface area contributed by atoms with E-state index in [4.69, 9.17) is 14.2 Å². The number of hydrogen-bond donors (Lipinski definition) is 0. The molecule has 0 N–H and O–H groups in total. The molecule has 1 atom stereocenters. The highest BCUT2D eigenvalue weighted by Crippen LogP contribution is 2.36. The van der Waals surface area contributed by atoms with Gasteiger partial charge in [0, 0.05) is 32.5 Å². The molecule has 5 heteroatoms. The molecule has 1 aromatic rings. The minimum Gasteiger partial charge on any atom is -0.376 e. The Morgan fingerprint density at radius 1 is 1.21 bits per heavy atom. The van der Waals surface area contributed by atoms with E-state index in [0.29, 0.717) is 19.6 Å². The Morgan fingerprint density at radius 2 is 1.97 bits per heavy atom. The van der Waals surface area contributed by atoms with Crippen molar-refractivity contribution in [3.8, 4) is 0 Å². The van der Waals surface area contributed by atoms with Gasteiger partial charge < -0.3 is 19.1 Å². The van der Waals surface area contributed by atoms with Gasteiger partial charge in [0.15, 0.2) is 0 Å². The van der Waals surface area contributed by atoms with Gasteiger partial charge in [-0.25, -0.2) is 0 Å². The van der Waals surface area contributed by atoms with Crippen LogP contribution in [-0.2, 0) is 25.4 Å². The van der Waals surface area contributed by atoms with Crippen LogP contribution in [0.3, 0.4) is 0 Å². The minimum atomic E-state index is -0.108. The van der Waals surface area contributed by atoms with E-state index in [2.05, 4.69) is 24.3 Å². The van der Waals surface area contributed by atoms with Gasteiger partial charge in [0.2, 0.25) is 5.91 Å². The second-order valence-electron chi connectivity index (χ2n) is 8.66. The molecule has 0 radical (unpaired) electrons. The summed E-state index contributed by atoms with van der Waals surface area (Å²) in [6.45, 7) is 7.72. The van der Waals surface area contributed by atoms with E-state index >= 15 is 0 Å². The van der Waals surface area contributed by atoms with Crippen molar-refractivity contribution in [2.45, 2.75) is 76.6 Å². The van der Waals surface area contributed by atoms with Crippen molar-refractivity contribution in [2.24, 2.45) is 0 Å². The molecule has 162 valence electrons. The van der Waals surface area contributed by atoms with E-state index in [1.807, 2.05) is 24.8 Å². The van der Waals surface area contributed by atoms with Crippen LogP contribution in [0.15, 0.2) is 30.3 Å². The van der Waals surface area contributed by atoms with E-state index in [9.17, 15) is 4.79 Å². The van der Waals surface area contributed by atoms with Crippen LogP contribution in [0, 0.1) is 0 Å². The van der Waals surface area contributed by atoms with Crippen molar-refractivity contribution in [1.29, 1.82) is 0 Å². The molecule has 2 aliphatic heterocycles. The highest BCUT2D eigenvalue weighted by molar-refractivity contribution is 5.76. The second-order valence-corrected chi connectivity index (χ2v) is 8.66. The van der Waals surface area contributed by atoms with Crippen molar-refractivity contribution >= 4 is 5.91 Å². The minimum absolute atomic E-state index is 0.108. The number of benzene rings is 1. The Bertz CT molecular complexity index is 611. The molecular formula is C24H37NO4. The lowest BCUT2D eigenvalue weighted by molar-refractivity contribution is -0.163. The first-order valence-corrected chi connectivity index (χ1v) is 11.3. The lowest BCUT2D eigenvalue weighted by Gasteiger charge is -2.46. The molecule has 5 nitrogen and oxygen atoms in total. The van der Waals surface area contributed by atoms with Crippen molar-refractivity contribution < 1.29 is 19.0 Å². The third kappa shape index (κ3) is 7.09. The molecule has 2 saturated heterocycles. The van der Waals surface area contributed by atoms with Gasteiger partial charge in [-0.15, -0.1) is 0 Å². The zero-order chi connectivity index (χ0) is 20.5. The molecule has 1 spiro atoms. The second kappa shape index (κ2) is 11.1. The SMILES string of the molecule is CC(C)OCCOC1CCOC2(CCN(C(=O)CCCc3ccccc3)CC2)C1. The first kappa shape index (κ1) is 22.3. The summed E-state index contributed by atoms with van der Waals surface area (Å²) in [6, 6.07) is 10.4. The molecule has 0 bridgehead atoms. The summed E-state index contributed by atoms with van der Waals surface area (Å²) in [5.41, 5.74) is 1.20. The van der Waals surface area contributed by atoms with Gasteiger partial charge >= 0.3 is 0 Å². The fraction of sp³-hybridized carbons (Fsp3) is 0.708. The largest absolute Gasteiger partial charge is 0.376 e. The predicted molar refractivity (Wildman–Crippen MR) is 114 cm³/mol. The molecular weight excluding hydrogens is 366 g/mol. The summed E-state index contributed by atoms with van der Waals surface area (Å²) in [5.74, 6) is 0.283. The molecule has 3 rings (SSSR count). The summed E-state index contributed by atoms with van der Waals surface area (Å²) in [7, 11) is 0. The van der Waals surface area contributed by atoms with Gasteiger partial charge in [-0.1, -0.05) is 30.3 Å². The molecule has 1 amide bonds. The average molecular weight is 404 g/mol. The van der Waals surface area contributed by atoms with Gasteiger partial charge in [0.25, 0.3) is 0 Å². The fourth-order valence-electron chi connectivity index (χ4n) is 4.38. The molecule has 0 aromatic heterocycles. The van der Waals surface area contributed by atoms with Crippen molar-refractivity contribution in [2.75, 3.05) is 32.9 Å². The summed E-state index contributed by atoms with van der Waals surface area (Å²) < 4.78 is 17.8. The number of likely N-dealkylation sites (tertiary alicyclic amines) is 1. The zero-order valence-corrected chi connectivity index (χ0v) is 18.1. The molecule has 1 unspecified atom stereocenters. The van der Waals surface area contributed by atoms with Crippen LogP contribution in [0.4, 0.5) is 0 Å². The van der Waals surface area contributed by atoms with Crippen molar-refractivity contribution in [3.05, 3.63) is 35.9 Å². The molecule has 2 fully saturated rings. The van der Waals surface area contributed by atoms with Crippen molar-refractivity contribution in [3.63, 3.8) is 0 Å². The van der Waals surface area contributed by atoms with Gasteiger partial charge in [-0.2, -0.15) is 0 Å². The smallest absolute Gasteiger partial charge is 0.222 e. The number of hydrogen-bond acceptors (Lipinski definition) is 4. The van der Waals surface area contributed by atoms with E-state index in [1.165, 1.54) is 5.56 Å². The number of ether oxygens (including phenoxy) is 3. The molecule has 0 saturated carbocycles. The van der Waals surface area contributed by atoms with E-state index in [-0.39, 0.29) is 23.7 Å². The maximum atomic E-state index is 12.6. The molecule has 29 heavy (non-hydrogen) atoms. The van der Waals surface area contributed by atoms with Crippen LogP contribution in [0.5, 0.6) is 0 Å². The molecule has 0 aliphatic carbocycles. The Labute approximate surface area is 175 Å². The highest BCUT2D eigenvalue weighted by atomic mass is 16.5. The average Bonchev–Trinajstić information content (AvgIpc) is 2.72. The number of carbonyl (C=O) groups is 1. The van der Waals surface area contributed by atoms with Crippen LogP contribution in [0.1, 0.15) is 57.9 Å². The topological polar surface area (TPSA) is 48.0 Å². The van der Waals surface area contributed by atoms with Gasteiger partial charge in [0.1, 0.15) is 0 Å². The number of amides is 1. The Hall–Kier alpha value is -1.43. The first-order chi connectivity index (χ1) is 14.1. The highest BCUT2D eigenvalue weighted by Gasteiger charge is 2.41. The molecule has 1 aromatic carbocycles. The van der Waals surface area contributed by atoms with Crippen molar-refractivity contribution in [1.82, 2.24) is 4.90 Å². The first-order valence-electron chi connectivity index (χ1n) is 11.3. The van der Waals surface area contributed by atoms with Crippen LogP contribution < -0.4 is 0 Å². The van der Waals surface area contributed by atoms with Crippen LogP contribution in [0.2, 0.25) is 0 Å². The van der Waals surface area contributed by atoms with Crippen LogP contribution >= 0.6 is 0 Å². The third-order valence-electron chi connectivity index (χ3n) is 6.06. The fourth-order valence-corrected chi connectivity index (χ4v) is 4.38. The Morgan fingerprint density at radius 3 is 2.69 bits per heavy atom. The summed E-state index contributed by atoms with van der Waals surface area (Å²) >= 11 is 0. The number of carbonyl (C=O) groups excluding carboxylic acids is 1. The Balaban J connectivity index is 1.36. The lowest BCUT2D eigenvalue weighted by Crippen LogP contribution is -2.52. The maximum Gasteiger partial charge on any atom is 0.222 e. The van der Waals surface area contributed by atoms with Gasteiger partial charge in [-0.05, 0) is 51.5 Å². The van der Waals surface area contributed by atoms with Gasteiger partial charge in [-0.3, -0.25) is 4.79 Å². The standard InChI is InChI=1S/C24H37NO4/c1-20(2)27-17-18-28-22-11-16-29-24(19-22)12-14-25(15-13-24)23(26)10-6-9-21-7-4-3-5-8-21/h3-5,7-8,20,22H,6,9-19H2,1-2H3. The normalized spacial score (nSPS) is 21.6. The number of aryl methyl sites for hydroxylation is 1. The van der Waals surface area contributed by atoms with Gasteiger partial charge in [0.05, 0.1) is 31.0 Å². The molecule has 2 aliphatic rings. The Kier molecular flexibility index (Phi) is 8.52. The monoisotopic (exact) mass is 403 g/mol. The zero-order valence-electron chi connectivity index (χ0n) is 18.1. The van der Waals surface area contributed by atoms with Crippen LogP contribution in [-0.4, -0.2) is 61.5 Å².